The van der Waals surface area contributed by atoms with Crippen molar-refractivity contribution in [1.29, 1.82) is 0 Å². The highest BCUT2D eigenvalue weighted by molar-refractivity contribution is 6.34. The number of aryl methyl sites for hydroxylation is 1. The first-order valence-corrected chi connectivity index (χ1v) is 6.67. The van der Waals surface area contributed by atoms with Crippen molar-refractivity contribution in [3.05, 3.63) is 58.6 Å². The van der Waals surface area contributed by atoms with Gasteiger partial charge in [0.2, 0.25) is 11.6 Å². The Kier molecular flexibility index (Phi) is 4.41. The number of Topliss-reactive ketones (excluding diaryl/α,β-unsaturated/α-hetero) is 3. The van der Waals surface area contributed by atoms with Crippen LogP contribution in [0.2, 0.25) is 0 Å². The van der Waals surface area contributed by atoms with Gasteiger partial charge in [-0.25, -0.2) is 0 Å². The number of rotatable bonds is 5. The smallest absolute Gasteiger partial charge is 0.246 e. The molecule has 6 heteroatoms. The first kappa shape index (κ1) is 15.5. The Bertz CT molecular complexity index is 702. The molecule has 0 fully saturated rings. The maximum absolute atomic E-state index is 12.2. The van der Waals surface area contributed by atoms with Crippen LogP contribution in [-0.4, -0.2) is 24.5 Å². The minimum Gasteiger partial charge on any atom is -0.491 e. The first-order chi connectivity index (χ1) is 10.5. The van der Waals surface area contributed by atoms with Gasteiger partial charge in [-0.1, -0.05) is 30.3 Å². The van der Waals surface area contributed by atoms with Crippen molar-refractivity contribution in [2.75, 3.05) is 7.11 Å². The molecule has 0 atom stereocenters. The molecule has 0 bridgehead atoms. The summed E-state index contributed by atoms with van der Waals surface area (Å²) in [5.74, 6) is -2.31. The molecular weight excluding hydrogens is 284 g/mol. The predicted molar refractivity (Wildman–Crippen MR) is 79.2 cm³/mol. The number of carbonyl (C=O) groups excluding carboxylic acids is 3. The average Bonchev–Trinajstić information content (AvgIpc) is 2.53. The summed E-state index contributed by atoms with van der Waals surface area (Å²) in [6.07, 6.45) is 0.507. The lowest BCUT2D eigenvalue weighted by atomic mass is 9.91. The van der Waals surface area contributed by atoms with E-state index < -0.39 is 23.0 Å². The molecule has 6 nitrogen and oxygen atoms in total. The zero-order valence-electron chi connectivity index (χ0n) is 12.1. The van der Waals surface area contributed by atoms with Gasteiger partial charge >= 0.3 is 0 Å². The molecule has 0 saturated carbocycles. The van der Waals surface area contributed by atoms with Gasteiger partial charge in [-0.3, -0.25) is 14.4 Å². The highest BCUT2D eigenvalue weighted by Gasteiger charge is 2.36. The van der Waals surface area contributed by atoms with E-state index in [4.69, 9.17) is 16.2 Å². The van der Waals surface area contributed by atoms with Crippen LogP contribution in [0, 0.1) is 0 Å². The van der Waals surface area contributed by atoms with Gasteiger partial charge in [-0.2, -0.15) is 0 Å². The van der Waals surface area contributed by atoms with Crippen LogP contribution in [0.1, 0.15) is 12.0 Å². The van der Waals surface area contributed by atoms with Crippen molar-refractivity contribution in [1.82, 2.24) is 0 Å². The fourth-order valence-corrected chi connectivity index (χ4v) is 2.23. The lowest BCUT2D eigenvalue weighted by molar-refractivity contribution is -0.123. The summed E-state index contributed by atoms with van der Waals surface area (Å²) in [6, 6.07) is 9.32. The summed E-state index contributed by atoms with van der Waals surface area (Å²) in [5.41, 5.74) is 11.0. The molecule has 0 spiro atoms. The molecule has 0 heterocycles. The van der Waals surface area contributed by atoms with Gasteiger partial charge in [-0.05, 0) is 12.0 Å². The van der Waals surface area contributed by atoms with Gasteiger partial charge in [0, 0.05) is 6.42 Å². The van der Waals surface area contributed by atoms with Crippen LogP contribution >= 0.6 is 0 Å². The van der Waals surface area contributed by atoms with Gasteiger partial charge in [-0.15, -0.1) is 0 Å². The molecule has 0 aromatic heterocycles. The van der Waals surface area contributed by atoms with Crippen LogP contribution in [-0.2, 0) is 25.5 Å². The summed E-state index contributed by atoms with van der Waals surface area (Å²) in [4.78, 5) is 36.3. The van der Waals surface area contributed by atoms with Crippen LogP contribution in [0.15, 0.2) is 53.1 Å². The zero-order valence-corrected chi connectivity index (χ0v) is 12.1. The Hall–Kier alpha value is -2.89. The quantitative estimate of drug-likeness (QED) is 0.600. The highest BCUT2D eigenvalue weighted by atomic mass is 16.5. The van der Waals surface area contributed by atoms with E-state index in [-0.39, 0.29) is 23.5 Å². The fourth-order valence-electron chi connectivity index (χ4n) is 2.23. The van der Waals surface area contributed by atoms with Crippen LogP contribution < -0.4 is 11.5 Å². The summed E-state index contributed by atoms with van der Waals surface area (Å²) < 4.78 is 4.77. The Balaban J connectivity index is 2.21. The maximum Gasteiger partial charge on any atom is 0.246 e. The van der Waals surface area contributed by atoms with Crippen molar-refractivity contribution in [3.8, 4) is 0 Å². The molecule has 1 aromatic rings. The van der Waals surface area contributed by atoms with Crippen LogP contribution in [0.4, 0.5) is 0 Å². The minimum absolute atomic E-state index is 0.0641. The summed E-state index contributed by atoms with van der Waals surface area (Å²) >= 11 is 0. The van der Waals surface area contributed by atoms with E-state index in [0.29, 0.717) is 6.42 Å². The number of hydrogen-bond donors (Lipinski definition) is 2. The highest BCUT2D eigenvalue weighted by Crippen LogP contribution is 2.22. The third-order valence-corrected chi connectivity index (χ3v) is 3.40. The molecule has 0 unspecified atom stereocenters. The molecule has 0 saturated heterocycles. The molecule has 2 rings (SSSR count). The Morgan fingerprint density at radius 3 is 2.27 bits per heavy atom. The number of benzene rings is 1. The lowest BCUT2D eigenvalue weighted by Gasteiger charge is -2.17. The van der Waals surface area contributed by atoms with Gasteiger partial charge in [0.15, 0.2) is 11.5 Å². The largest absolute Gasteiger partial charge is 0.491 e. The van der Waals surface area contributed by atoms with E-state index in [9.17, 15) is 14.4 Å². The number of ether oxygens (including phenoxy) is 1. The molecule has 4 N–H and O–H groups in total. The lowest BCUT2D eigenvalue weighted by Crippen LogP contribution is -2.35. The van der Waals surface area contributed by atoms with Crippen molar-refractivity contribution in [3.63, 3.8) is 0 Å². The Morgan fingerprint density at radius 1 is 1.05 bits per heavy atom. The van der Waals surface area contributed by atoms with Crippen molar-refractivity contribution in [2.24, 2.45) is 11.5 Å². The molecule has 0 radical (unpaired) electrons. The van der Waals surface area contributed by atoms with Crippen molar-refractivity contribution >= 4 is 17.3 Å². The number of ketones is 3. The number of methoxy groups -OCH3 is 1. The van der Waals surface area contributed by atoms with Crippen LogP contribution in [0.3, 0.4) is 0 Å². The second-order valence-corrected chi connectivity index (χ2v) is 4.80. The normalized spacial score (nSPS) is 15.3. The fraction of sp³-hybridized carbons (Fsp3) is 0.188. The monoisotopic (exact) mass is 300 g/mol. The van der Waals surface area contributed by atoms with E-state index in [2.05, 4.69) is 0 Å². The first-order valence-electron chi connectivity index (χ1n) is 6.67. The number of allylic oxidation sites excluding steroid dienone is 1. The van der Waals surface area contributed by atoms with Gasteiger partial charge in [0.05, 0.1) is 18.4 Å². The molecule has 1 aliphatic rings. The number of hydrogen-bond acceptors (Lipinski definition) is 6. The Labute approximate surface area is 127 Å². The topological polar surface area (TPSA) is 112 Å². The Morgan fingerprint density at radius 2 is 1.68 bits per heavy atom. The molecule has 22 heavy (non-hydrogen) atoms. The second kappa shape index (κ2) is 6.26. The molecular formula is C16H16N2O4. The summed E-state index contributed by atoms with van der Waals surface area (Å²) in [7, 11) is 1.21. The standard InChI is InChI=1S/C16H16N2O4/c1-22-16-13(18)14(20)11(12(17)15(16)21)10(19)8-7-9-5-3-2-4-6-9/h2-6H,7-8,17-18H2,1H3. The number of carbonyl (C=O) groups is 3. The van der Waals surface area contributed by atoms with E-state index in [1.165, 1.54) is 7.11 Å². The molecule has 1 aromatic carbocycles. The maximum atomic E-state index is 12.2. The van der Waals surface area contributed by atoms with Crippen molar-refractivity contribution < 1.29 is 19.1 Å². The SMILES string of the molecule is COC1=C(N)C(=O)C(C(=O)CCc2ccccc2)=C(N)C1=O. The predicted octanol–water partition coefficient (Wildman–Crippen LogP) is 0.370. The van der Waals surface area contributed by atoms with E-state index in [1.807, 2.05) is 30.3 Å². The van der Waals surface area contributed by atoms with E-state index >= 15 is 0 Å². The summed E-state index contributed by atoms with van der Waals surface area (Å²) in [5, 5.41) is 0. The van der Waals surface area contributed by atoms with Crippen LogP contribution in [0.25, 0.3) is 0 Å². The van der Waals surface area contributed by atoms with E-state index in [0.717, 1.165) is 5.56 Å². The minimum atomic E-state index is -0.757. The second-order valence-electron chi connectivity index (χ2n) is 4.80. The van der Waals surface area contributed by atoms with Gasteiger partial charge in [0.1, 0.15) is 5.70 Å². The summed E-state index contributed by atoms with van der Waals surface area (Å²) in [6.45, 7) is 0. The van der Waals surface area contributed by atoms with E-state index in [1.54, 1.807) is 0 Å². The molecule has 0 aliphatic heterocycles. The number of nitrogens with two attached hydrogens (primary N) is 2. The molecule has 114 valence electrons. The third-order valence-electron chi connectivity index (χ3n) is 3.40. The van der Waals surface area contributed by atoms with Gasteiger partial charge < -0.3 is 16.2 Å². The zero-order chi connectivity index (χ0) is 16.3. The van der Waals surface area contributed by atoms with Gasteiger partial charge in [0.25, 0.3) is 0 Å². The van der Waals surface area contributed by atoms with Crippen molar-refractivity contribution in [2.45, 2.75) is 12.8 Å². The van der Waals surface area contributed by atoms with Crippen LogP contribution in [0.5, 0.6) is 0 Å². The third kappa shape index (κ3) is 2.76. The molecule has 1 aliphatic carbocycles. The average molecular weight is 300 g/mol. The molecule has 0 amide bonds.